The highest BCUT2D eigenvalue weighted by molar-refractivity contribution is 5.95. The van der Waals surface area contributed by atoms with Gasteiger partial charge in [0.05, 0.1) is 0 Å². The van der Waals surface area contributed by atoms with Crippen LogP contribution in [0.2, 0.25) is 0 Å². The lowest BCUT2D eigenvalue weighted by molar-refractivity contribution is -0.156. The molecule has 0 spiro atoms. The molecule has 3 aromatic rings. The number of nitrogens with two attached hydrogens (primary N) is 2. The van der Waals surface area contributed by atoms with Gasteiger partial charge in [-0.05, 0) is 66.7 Å². The number of aliphatic imine (C=N–C) groups is 1. The minimum Gasteiger partial charge on any atom is -0.480 e. The van der Waals surface area contributed by atoms with Crippen LogP contribution in [0.5, 0.6) is 0 Å². The van der Waals surface area contributed by atoms with E-state index in [1.165, 1.54) is 11.8 Å². The molecule has 1 aromatic heterocycles. The highest BCUT2D eigenvalue weighted by Gasteiger charge is 2.44. The predicted molar refractivity (Wildman–Crippen MR) is 214 cm³/mol. The van der Waals surface area contributed by atoms with E-state index in [9.17, 15) is 29.1 Å². The van der Waals surface area contributed by atoms with Crippen LogP contribution >= 0.6 is 0 Å². The number of carbonyl (C=O) groups excluding carboxylic acids is 4. The Balaban J connectivity index is 1.46. The second-order valence-corrected chi connectivity index (χ2v) is 15.3. The van der Waals surface area contributed by atoms with E-state index in [2.05, 4.69) is 31.2 Å². The maximum atomic E-state index is 15.0. The third-order valence-electron chi connectivity index (χ3n) is 10.9. The number of nitrogens with one attached hydrogen (secondary N) is 5. The van der Waals surface area contributed by atoms with E-state index in [-0.39, 0.29) is 43.1 Å². The Hall–Kier alpha value is -5.44. The van der Waals surface area contributed by atoms with Crippen LogP contribution in [-0.4, -0.2) is 87.8 Å². The number of aromatic nitrogens is 1. The van der Waals surface area contributed by atoms with Crippen molar-refractivity contribution in [2.45, 2.75) is 109 Å². The molecule has 0 bridgehead atoms. The molecule has 5 atom stereocenters. The lowest BCUT2D eigenvalue weighted by atomic mass is 9.83. The van der Waals surface area contributed by atoms with Crippen molar-refractivity contribution in [3.63, 3.8) is 0 Å². The lowest BCUT2D eigenvalue weighted by Gasteiger charge is -2.43. The average molecular weight is 772 g/mol. The molecular weight excluding hydrogens is 715 g/mol. The molecule has 1 aliphatic heterocycles. The number of para-hydroxylation sites is 1. The van der Waals surface area contributed by atoms with Crippen molar-refractivity contribution in [1.82, 2.24) is 31.2 Å². The number of benzene rings is 2. The van der Waals surface area contributed by atoms with Crippen molar-refractivity contribution in [1.29, 1.82) is 0 Å². The van der Waals surface area contributed by atoms with Gasteiger partial charge in [-0.1, -0.05) is 75.6 Å². The van der Waals surface area contributed by atoms with Gasteiger partial charge in [-0.15, -0.1) is 0 Å². The average Bonchev–Trinajstić information content (AvgIpc) is 3.59. The summed E-state index contributed by atoms with van der Waals surface area (Å²) in [5, 5.41) is 23.8. The summed E-state index contributed by atoms with van der Waals surface area (Å²) in [6, 6.07) is 11.2. The van der Waals surface area contributed by atoms with Crippen molar-refractivity contribution < 1.29 is 29.1 Å². The molecule has 1 saturated carbocycles. The summed E-state index contributed by atoms with van der Waals surface area (Å²) in [4.78, 5) is 76.8. The number of carboxylic acid groups (broad SMARTS) is 1. The first-order valence-corrected chi connectivity index (χ1v) is 19.7. The number of amides is 4. The van der Waals surface area contributed by atoms with Crippen LogP contribution < -0.4 is 32.7 Å². The number of fused-ring (bicyclic) bond motifs is 2. The summed E-state index contributed by atoms with van der Waals surface area (Å²) in [5.41, 5.74) is 14.8. The van der Waals surface area contributed by atoms with Crippen molar-refractivity contribution in [3.8, 4) is 0 Å². The molecular formula is C41H57N9O6. The standard InChI is InChI=1S/C41H57N9O6/c1-24(2)34(47-25(3)51)37(52)49-35(26-12-5-4-6-13-26)38(53)48-32(18-11-20-45-41(42)43)39(54)50-33(40(55)56)22-27-14-7-8-16-30(27)36(50)44-21-19-28-23-46-31-17-10-9-15-29(28)31/h7-10,14-17,23-24,26,32-36,44,46H,4-6,11-13,18-22H2,1-3H3,(H,47,51)(H,48,53)(H,49,52)(H,55,56)(H4,42,43,45)/t32-,33-,34-,35?,36?/m0/s1. The Bertz CT molecular complexity index is 1880. The second kappa shape index (κ2) is 19.4. The summed E-state index contributed by atoms with van der Waals surface area (Å²) in [5.74, 6) is -3.75. The first-order chi connectivity index (χ1) is 26.8. The van der Waals surface area contributed by atoms with Gasteiger partial charge in [0, 0.05) is 43.5 Å². The van der Waals surface area contributed by atoms with Crippen LogP contribution in [0, 0.1) is 11.8 Å². The number of aromatic amines is 1. The van der Waals surface area contributed by atoms with Crippen molar-refractivity contribution in [2.24, 2.45) is 28.3 Å². The third kappa shape index (κ3) is 10.4. The molecule has 15 heteroatoms. The molecule has 5 rings (SSSR count). The Morgan fingerprint density at radius 2 is 1.66 bits per heavy atom. The van der Waals surface area contributed by atoms with Crippen LogP contribution in [0.15, 0.2) is 59.7 Å². The van der Waals surface area contributed by atoms with E-state index in [0.29, 0.717) is 32.2 Å². The fourth-order valence-corrected chi connectivity index (χ4v) is 8.07. The predicted octanol–water partition coefficient (Wildman–Crippen LogP) is 2.60. The van der Waals surface area contributed by atoms with Crippen LogP contribution in [0.3, 0.4) is 0 Å². The van der Waals surface area contributed by atoms with Crippen LogP contribution in [-0.2, 0) is 36.8 Å². The summed E-state index contributed by atoms with van der Waals surface area (Å²) >= 11 is 0. The minimum absolute atomic E-state index is 0.0764. The zero-order valence-corrected chi connectivity index (χ0v) is 32.6. The largest absolute Gasteiger partial charge is 0.480 e. The van der Waals surface area contributed by atoms with Crippen LogP contribution in [0.25, 0.3) is 10.9 Å². The van der Waals surface area contributed by atoms with E-state index in [1.807, 2.05) is 68.6 Å². The van der Waals surface area contributed by atoms with Gasteiger partial charge in [-0.3, -0.25) is 29.5 Å². The lowest BCUT2D eigenvalue weighted by Crippen LogP contribution is -2.62. The van der Waals surface area contributed by atoms with Gasteiger partial charge in [0.25, 0.3) is 0 Å². The molecule has 10 N–H and O–H groups in total. The number of carboxylic acids is 1. The SMILES string of the molecule is CC(=O)N[C@H](C(=O)NC(C(=O)N[C@@H](CCCN=C(N)N)C(=O)N1C(NCCc2c[nH]c3ccccc23)c2ccccc2C[C@H]1C(=O)O)C1CCCCC1)C(C)C. The van der Waals surface area contributed by atoms with Gasteiger partial charge in [0.1, 0.15) is 30.3 Å². The van der Waals surface area contributed by atoms with Gasteiger partial charge in [-0.2, -0.15) is 0 Å². The number of rotatable bonds is 17. The van der Waals surface area contributed by atoms with E-state index in [4.69, 9.17) is 11.5 Å². The molecule has 1 aliphatic carbocycles. The van der Waals surface area contributed by atoms with E-state index >= 15 is 0 Å². The molecule has 15 nitrogen and oxygen atoms in total. The summed E-state index contributed by atoms with van der Waals surface area (Å²) in [6.45, 7) is 5.54. The normalized spacial score (nSPS) is 18.7. The molecule has 0 saturated heterocycles. The Morgan fingerprint density at radius 1 is 0.946 bits per heavy atom. The van der Waals surface area contributed by atoms with Crippen LogP contribution in [0.4, 0.5) is 0 Å². The third-order valence-corrected chi connectivity index (χ3v) is 10.9. The monoisotopic (exact) mass is 771 g/mol. The maximum Gasteiger partial charge on any atom is 0.326 e. The van der Waals surface area contributed by atoms with Gasteiger partial charge in [0.15, 0.2) is 5.96 Å². The molecule has 2 aliphatic rings. The molecule has 0 radical (unpaired) electrons. The van der Waals surface area contributed by atoms with Gasteiger partial charge < -0.3 is 42.4 Å². The number of carbonyl (C=O) groups is 5. The summed E-state index contributed by atoms with van der Waals surface area (Å²) < 4.78 is 0. The number of hydrogen-bond acceptors (Lipinski definition) is 7. The fraction of sp³-hybridized carbons (Fsp3) is 0.512. The smallest absolute Gasteiger partial charge is 0.326 e. The fourth-order valence-electron chi connectivity index (χ4n) is 8.07. The second-order valence-electron chi connectivity index (χ2n) is 15.3. The van der Waals surface area contributed by atoms with Gasteiger partial charge >= 0.3 is 5.97 Å². The first kappa shape index (κ1) is 41.7. The molecule has 2 unspecified atom stereocenters. The zero-order valence-electron chi connectivity index (χ0n) is 32.6. The first-order valence-electron chi connectivity index (χ1n) is 19.7. The molecule has 2 aromatic carbocycles. The van der Waals surface area contributed by atoms with E-state index < -0.39 is 54.0 Å². The van der Waals surface area contributed by atoms with E-state index in [0.717, 1.165) is 46.9 Å². The number of nitrogens with zero attached hydrogens (tertiary/aromatic N) is 2. The number of hydrogen-bond donors (Lipinski definition) is 8. The Kier molecular flexibility index (Phi) is 14.5. The van der Waals surface area contributed by atoms with E-state index in [1.54, 1.807) is 0 Å². The van der Waals surface area contributed by atoms with Crippen LogP contribution in [0.1, 0.15) is 88.6 Å². The van der Waals surface area contributed by atoms with Crippen molar-refractivity contribution in [3.05, 3.63) is 71.4 Å². The maximum absolute atomic E-state index is 15.0. The minimum atomic E-state index is -1.24. The summed E-state index contributed by atoms with van der Waals surface area (Å²) in [6.07, 6.45) is 6.35. The number of guanidine groups is 1. The molecule has 1 fully saturated rings. The molecule has 4 amide bonds. The molecule has 302 valence electrons. The Morgan fingerprint density at radius 3 is 2.36 bits per heavy atom. The number of aliphatic carboxylic acids is 1. The Labute approximate surface area is 327 Å². The van der Waals surface area contributed by atoms with Gasteiger partial charge in [-0.25, -0.2) is 4.79 Å². The highest BCUT2D eigenvalue weighted by Crippen LogP contribution is 2.33. The highest BCUT2D eigenvalue weighted by atomic mass is 16.4. The summed E-state index contributed by atoms with van der Waals surface area (Å²) in [7, 11) is 0. The zero-order chi connectivity index (χ0) is 40.4. The topological polar surface area (TPSA) is 237 Å². The van der Waals surface area contributed by atoms with Crippen molar-refractivity contribution in [2.75, 3.05) is 13.1 Å². The number of H-pyrrole nitrogens is 1. The van der Waals surface area contributed by atoms with Crippen molar-refractivity contribution >= 4 is 46.5 Å². The molecule has 56 heavy (non-hydrogen) atoms. The quantitative estimate of drug-likeness (QED) is 0.0571. The van der Waals surface area contributed by atoms with Gasteiger partial charge in [0.2, 0.25) is 23.6 Å². The molecule has 2 heterocycles.